The minimum atomic E-state index is 0.383. The first-order chi connectivity index (χ1) is 9.59. The van der Waals surface area contributed by atoms with Gasteiger partial charge in [0.1, 0.15) is 0 Å². The third-order valence-electron chi connectivity index (χ3n) is 5.76. The van der Waals surface area contributed by atoms with Gasteiger partial charge in [-0.05, 0) is 57.9 Å². The minimum Gasteiger partial charge on any atom is -0.310 e. The summed E-state index contributed by atoms with van der Waals surface area (Å²) in [5.74, 6) is 1.84. The summed E-state index contributed by atoms with van der Waals surface area (Å²) in [6.07, 6.45) is 9.71. The van der Waals surface area contributed by atoms with Crippen LogP contribution in [0.3, 0.4) is 0 Å². The van der Waals surface area contributed by atoms with E-state index >= 15 is 0 Å². The summed E-state index contributed by atoms with van der Waals surface area (Å²) in [7, 11) is 0. The number of rotatable bonds is 7. The van der Waals surface area contributed by atoms with Gasteiger partial charge in [0.25, 0.3) is 0 Å². The fraction of sp³-hybridized carbons (Fsp3) is 1.00. The van der Waals surface area contributed by atoms with Gasteiger partial charge < -0.3 is 5.32 Å². The first-order valence-corrected chi connectivity index (χ1v) is 9.08. The molecule has 1 heterocycles. The van der Waals surface area contributed by atoms with Gasteiger partial charge in [0.15, 0.2) is 0 Å². The van der Waals surface area contributed by atoms with E-state index in [1.54, 1.807) is 0 Å². The Hall–Kier alpha value is -0.0800. The molecule has 2 fully saturated rings. The van der Waals surface area contributed by atoms with Crippen molar-refractivity contribution in [2.45, 2.75) is 84.2 Å². The molecule has 0 spiro atoms. The Morgan fingerprint density at radius 2 is 2.00 bits per heavy atom. The van der Waals surface area contributed by atoms with Crippen LogP contribution >= 0.6 is 0 Å². The van der Waals surface area contributed by atoms with Crippen LogP contribution in [0.1, 0.15) is 72.6 Å². The highest BCUT2D eigenvalue weighted by Crippen LogP contribution is 2.41. The van der Waals surface area contributed by atoms with Crippen molar-refractivity contribution in [3.8, 4) is 0 Å². The topological polar surface area (TPSA) is 15.3 Å². The molecule has 1 N–H and O–H groups in total. The van der Waals surface area contributed by atoms with Gasteiger partial charge >= 0.3 is 0 Å². The molecule has 2 heteroatoms. The van der Waals surface area contributed by atoms with Crippen molar-refractivity contribution in [2.75, 3.05) is 19.6 Å². The number of hydrogen-bond donors (Lipinski definition) is 1. The van der Waals surface area contributed by atoms with Crippen LogP contribution in [-0.2, 0) is 0 Å². The number of hydrogen-bond acceptors (Lipinski definition) is 2. The van der Waals surface area contributed by atoms with Gasteiger partial charge in [-0.3, -0.25) is 4.90 Å². The molecule has 0 aromatic heterocycles. The summed E-state index contributed by atoms with van der Waals surface area (Å²) in [4.78, 5) is 2.81. The first-order valence-electron chi connectivity index (χ1n) is 9.08. The molecule has 1 saturated carbocycles. The summed E-state index contributed by atoms with van der Waals surface area (Å²) in [6, 6.07) is 0.749. The zero-order chi connectivity index (χ0) is 14.6. The molecule has 0 radical (unpaired) electrons. The van der Waals surface area contributed by atoms with E-state index in [4.69, 9.17) is 0 Å². The van der Waals surface area contributed by atoms with Crippen LogP contribution in [-0.4, -0.2) is 36.1 Å². The predicted octanol–water partition coefficient (Wildman–Crippen LogP) is 4.06. The molecular formula is C18H36N2. The van der Waals surface area contributed by atoms with Crippen molar-refractivity contribution < 1.29 is 0 Å². The van der Waals surface area contributed by atoms with E-state index < -0.39 is 0 Å². The molecular weight excluding hydrogens is 244 g/mol. The van der Waals surface area contributed by atoms with Gasteiger partial charge in [0.05, 0.1) is 0 Å². The lowest BCUT2D eigenvalue weighted by atomic mass is 9.93. The fourth-order valence-corrected chi connectivity index (χ4v) is 3.87. The van der Waals surface area contributed by atoms with Gasteiger partial charge in [0, 0.05) is 24.7 Å². The van der Waals surface area contributed by atoms with Crippen molar-refractivity contribution in [3.63, 3.8) is 0 Å². The molecule has 0 bridgehead atoms. The Morgan fingerprint density at radius 3 is 2.60 bits per heavy atom. The molecule has 118 valence electrons. The van der Waals surface area contributed by atoms with E-state index in [0.29, 0.717) is 5.54 Å². The third kappa shape index (κ3) is 4.21. The van der Waals surface area contributed by atoms with Crippen LogP contribution in [0.2, 0.25) is 0 Å². The SMILES string of the molecule is CCCCC(CC)CN1CC(C)(C2CC2)NCCC1C. The van der Waals surface area contributed by atoms with Gasteiger partial charge in [-0.15, -0.1) is 0 Å². The van der Waals surface area contributed by atoms with E-state index in [1.807, 2.05) is 0 Å². The average molecular weight is 280 g/mol. The van der Waals surface area contributed by atoms with Crippen molar-refractivity contribution >= 4 is 0 Å². The molecule has 3 atom stereocenters. The molecule has 20 heavy (non-hydrogen) atoms. The zero-order valence-electron chi connectivity index (χ0n) is 14.3. The highest BCUT2D eigenvalue weighted by atomic mass is 15.2. The van der Waals surface area contributed by atoms with Crippen LogP contribution in [0.15, 0.2) is 0 Å². The van der Waals surface area contributed by atoms with Crippen molar-refractivity contribution in [1.29, 1.82) is 0 Å². The molecule has 1 aliphatic heterocycles. The van der Waals surface area contributed by atoms with E-state index in [9.17, 15) is 0 Å². The van der Waals surface area contributed by atoms with Crippen LogP contribution in [0, 0.1) is 11.8 Å². The second-order valence-corrected chi connectivity index (χ2v) is 7.60. The van der Waals surface area contributed by atoms with E-state index in [0.717, 1.165) is 17.9 Å². The molecule has 0 amide bonds. The molecule has 2 nitrogen and oxygen atoms in total. The summed E-state index contributed by atoms with van der Waals surface area (Å²) in [6.45, 7) is 13.4. The summed E-state index contributed by atoms with van der Waals surface area (Å²) in [5.41, 5.74) is 0.383. The highest BCUT2D eigenvalue weighted by Gasteiger charge is 2.44. The Balaban J connectivity index is 1.95. The van der Waals surface area contributed by atoms with E-state index in [2.05, 4.69) is 37.9 Å². The number of nitrogens with one attached hydrogen (secondary N) is 1. The van der Waals surface area contributed by atoms with Crippen LogP contribution in [0.4, 0.5) is 0 Å². The maximum Gasteiger partial charge on any atom is 0.0308 e. The zero-order valence-corrected chi connectivity index (χ0v) is 14.3. The predicted molar refractivity (Wildman–Crippen MR) is 88.1 cm³/mol. The van der Waals surface area contributed by atoms with E-state index in [-0.39, 0.29) is 0 Å². The van der Waals surface area contributed by atoms with E-state index in [1.165, 1.54) is 64.6 Å². The number of nitrogens with zero attached hydrogens (tertiary/aromatic N) is 1. The Morgan fingerprint density at radius 1 is 1.25 bits per heavy atom. The molecule has 0 aromatic rings. The third-order valence-corrected chi connectivity index (χ3v) is 5.76. The van der Waals surface area contributed by atoms with Gasteiger partial charge in [-0.2, -0.15) is 0 Å². The summed E-state index contributed by atoms with van der Waals surface area (Å²) >= 11 is 0. The summed E-state index contributed by atoms with van der Waals surface area (Å²) in [5, 5.41) is 3.87. The van der Waals surface area contributed by atoms with Crippen molar-refractivity contribution in [3.05, 3.63) is 0 Å². The molecule has 2 aliphatic rings. The maximum atomic E-state index is 3.87. The van der Waals surface area contributed by atoms with Gasteiger partial charge in [0.2, 0.25) is 0 Å². The standard InChI is InChI=1S/C18H36N2/c1-5-7-8-16(6-2)13-20-14-18(4,17-9-10-17)19-12-11-15(20)3/h15-17,19H,5-14H2,1-4H3. The maximum absolute atomic E-state index is 3.87. The molecule has 0 aromatic carbocycles. The Labute approximate surface area is 126 Å². The fourth-order valence-electron chi connectivity index (χ4n) is 3.87. The minimum absolute atomic E-state index is 0.383. The summed E-state index contributed by atoms with van der Waals surface area (Å²) < 4.78 is 0. The monoisotopic (exact) mass is 280 g/mol. The molecule has 3 unspecified atom stereocenters. The van der Waals surface area contributed by atoms with Crippen LogP contribution in [0.25, 0.3) is 0 Å². The lowest BCUT2D eigenvalue weighted by Gasteiger charge is -2.37. The van der Waals surface area contributed by atoms with Crippen LogP contribution < -0.4 is 5.32 Å². The lowest BCUT2D eigenvalue weighted by molar-refractivity contribution is 0.134. The smallest absolute Gasteiger partial charge is 0.0308 e. The van der Waals surface area contributed by atoms with Gasteiger partial charge in [-0.25, -0.2) is 0 Å². The second-order valence-electron chi connectivity index (χ2n) is 7.60. The van der Waals surface area contributed by atoms with Crippen molar-refractivity contribution in [2.24, 2.45) is 11.8 Å². The largest absolute Gasteiger partial charge is 0.310 e. The average Bonchev–Trinajstić information content (AvgIpc) is 3.26. The quantitative estimate of drug-likeness (QED) is 0.756. The first kappa shape index (κ1) is 16.3. The molecule has 1 aliphatic carbocycles. The Kier molecular flexibility index (Phi) is 5.92. The van der Waals surface area contributed by atoms with Crippen molar-refractivity contribution in [1.82, 2.24) is 10.2 Å². The van der Waals surface area contributed by atoms with Gasteiger partial charge in [-0.1, -0.05) is 33.1 Å². The normalized spacial score (nSPS) is 33.9. The number of unbranched alkanes of at least 4 members (excludes halogenated alkanes) is 1. The Bertz CT molecular complexity index is 287. The molecule has 2 rings (SSSR count). The lowest BCUT2D eigenvalue weighted by Crippen LogP contribution is -2.52. The second kappa shape index (κ2) is 7.26. The highest BCUT2D eigenvalue weighted by molar-refractivity contribution is 5.02. The van der Waals surface area contributed by atoms with Crippen LogP contribution in [0.5, 0.6) is 0 Å². The molecule has 1 saturated heterocycles.